The zero-order chi connectivity index (χ0) is 13.2. The molecule has 4 rings (SSSR count). The van der Waals surface area contributed by atoms with Crippen LogP contribution in [0.3, 0.4) is 0 Å². The smallest absolute Gasteiger partial charge is 0.212 e. The third-order valence-electron chi connectivity index (χ3n) is 4.81. The lowest BCUT2D eigenvalue weighted by molar-refractivity contribution is 0.0336. The number of sulfonamides is 2. The van der Waals surface area contributed by atoms with E-state index in [4.69, 9.17) is 0 Å². The highest BCUT2D eigenvalue weighted by molar-refractivity contribution is 8.05. The lowest BCUT2D eigenvalue weighted by Gasteiger charge is -2.55. The van der Waals surface area contributed by atoms with Gasteiger partial charge in [-0.2, -0.15) is 0 Å². The van der Waals surface area contributed by atoms with Crippen molar-refractivity contribution >= 4 is 20.0 Å². The van der Waals surface area contributed by atoms with Crippen LogP contribution in [0.1, 0.15) is 38.5 Å². The van der Waals surface area contributed by atoms with E-state index in [-0.39, 0.29) is 0 Å². The van der Waals surface area contributed by atoms with Crippen molar-refractivity contribution in [1.29, 1.82) is 0 Å². The van der Waals surface area contributed by atoms with Crippen LogP contribution in [0, 0.1) is 17.8 Å². The Morgan fingerprint density at radius 2 is 1.28 bits per heavy atom. The molecule has 4 bridgehead atoms. The Kier molecular flexibility index (Phi) is 2.65. The van der Waals surface area contributed by atoms with Gasteiger partial charge in [-0.3, -0.25) is 0 Å². The fourth-order valence-electron chi connectivity index (χ4n) is 4.65. The van der Waals surface area contributed by atoms with Gasteiger partial charge in [0.15, 0.2) is 0 Å². The summed E-state index contributed by atoms with van der Waals surface area (Å²) in [4.78, 5) is 0. The highest BCUT2D eigenvalue weighted by Crippen LogP contribution is 2.58. The molecular formula is C11H19NO4S2. The Bertz CT molecular complexity index is 529. The van der Waals surface area contributed by atoms with E-state index in [1.807, 2.05) is 4.13 Å². The van der Waals surface area contributed by atoms with E-state index < -0.39 is 24.8 Å². The Balaban J connectivity index is 1.96. The summed E-state index contributed by atoms with van der Waals surface area (Å²) < 4.78 is 48.4. The minimum Gasteiger partial charge on any atom is -0.212 e. The molecule has 0 heterocycles. The van der Waals surface area contributed by atoms with E-state index in [2.05, 4.69) is 0 Å². The molecule has 0 unspecified atom stereocenters. The van der Waals surface area contributed by atoms with Crippen LogP contribution < -0.4 is 4.13 Å². The normalized spacial score (nSPS) is 43.3. The van der Waals surface area contributed by atoms with Crippen LogP contribution in [-0.2, 0) is 20.0 Å². The fraction of sp³-hybridized carbons (Fsp3) is 1.00. The molecule has 0 aliphatic heterocycles. The SMILES string of the molecule is CS(=O)(=O)NS(=O)(=O)C12CC3CC(CC(C3)C1)C2. The predicted molar refractivity (Wildman–Crippen MR) is 67.8 cm³/mol. The molecule has 0 aromatic rings. The van der Waals surface area contributed by atoms with Gasteiger partial charge in [0.1, 0.15) is 0 Å². The molecule has 7 heteroatoms. The van der Waals surface area contributed by atoms with Gasteiger partial charge >= 0.3 is 0 Å². The van der Waals surface area contributed by atoms with Crippen molar-refractivity contribution in [3.8, 4) is 0 Å². The first-order chi connectivity index (χ1) is 8.19. The van der Waals surface area contributed by atoms with Crippen LogP contribution in [0.25, 0.3) is 0 Å². The summed E-state index contributed by atoms with van der Waals surface area (Å²) in [6.07, 6.45) is 6.23. The lowest BCUT2D eigenvalue weighted by Crippen LogP contribution is -2.58. The second-order valence-corrected chi connectivity index (χ2v) is 10.5. The maximum Gasteiger partial charge on any atom is 0.230 e. The largest absolute Gasteiger partial charge is 0.230 e. The summed E-state index contributed by atoms with van der Waals surface area (Å²) in [5, 5.41) is 0. The molecule has 0 amide bonds. The topological polar surface area (TPSA) is 80.3 Å². The van der Waals surface area contributed by atoms with E-state index >= 15 is 0 Å². The third-order valence-corrected chi connectivity index (χ3v) is 8.54. The summed E-state index contributed by atoms with van der Waals surface area (Å²) in [7, 11) is -7.49. The first-order valence-electron chi connectivity index (χ1n) is 6.42. The number of hydrogen-bond acceptors (Lipinski definition) is 4. The average molecular weight is 293 g/mol. The van der Waals surface area contributed by atoms with Crippen LogP contribution in [0.5, 0.6) is 0 Å². The summed E-state index contributed by atoms with van der Waals surface area (Å²) in [6.45, 7) is 0. The molecule has 4 aliphatic carbocycles. The van der Waals surface area contributed by atoms with Gasteiger partial charge in [-0.05, 0) is 56.3 Å². The zero-order valence-corrected chi connectivity index (χ0v) is 12.1. The van der Waals surface area contributed by atoms with E-state index in [0.29, 0.717) is 37.0 Å². The molecule has 18 heavy (non-hydrogen) atoms. The van der Waals surface area contributed by atoms with Gasteiger partial charge in [0.2, 0.25) is 20.0 Å². The maximum atomic E-state index is 12.4. The van der Waals surface area contributed by atoms with Crippen molar-refractivity contribution in [3.05, 3.63) is 0 Å². The maximum absolute atomic E-state index is 12.4. The molecule has 4 fully saturated rings. The van der Waals surface area contributed by atoms with Crippen LogP contribution in [-0.4, -0.2) is 27.8 Å². The quantitative estimate of drug-likeness (QED) is 0.836. The molecule has 0 atom stereocenters. The van der Waals surface area contributed by atoms with Gasteiger partial charge < -0.3 is 0 Å². The second kappa shape index (κ2) is 3.70. The molecule has 0 aromatic carbocycles. The molecule has 104 valence electrons. The minimum absolute atomic E-state index is 0.479. The Labute approximate surface area is 108 Å². The summed E-state index contributed by atoms with van der Waals surface area (Å²) in [5.74, 6) is 1.44. The van der Waals surface area contributed by atoms with Crippen LogP contribution in [0.15, 0.2) is 0 Å². The molecule has 0 aromatic heterocycles. The van der Waals surface area contributed by atoms with Gasteiger partial charge in [-0.15, -0.1) is 4.13 Å². The average Bonchev–Trinajstić information content (AvgIpc) is 2.10. The van der Waals surface area contributed by atoms with Crippen molar-refractivity contribution in [2.45, 2.75) is 43.3 Å². The number of rotatable bonds is 3. The van der Waals surface area contributed by atoms with E-state index in [9.17, 15) is 16.8 Å². The lowest BCUT2D eigenvalue weighted by atomic mass is 9.56. The highest BCUT2D eigenvalue weighted by atomic mass is 32.3. The van der Waals surface area contributed by atoms with E-state index in [0.717, 1.165) is 25.5 Å². The minimum atomic E-state index is -3.77. The third kappa shape index (κ3) is 2.00. The molecule has 0 spiro atoms. The predicted octanol–water partition coefficient (Wildman–Crippen LogP) is 0.834. The summed E-state index contributed by atoms with van der Waals surface area (Å²) in [5.41, 5.74) is 0. The molecule has 4 saturated carbocycles. The Morgan fingerprint density at radius 3 is 1.61 bits per heavy atom. The molecule has 4 aliphatic rings. The van der Waals surface area contributed by atoms with Crippen LogP contribution >= 0.6 is 0 Å². The van der Waals surface area contributed by atoms with Crippen LogP contribution in [0.2, 0.25) is 0 Å². The standard InChI is InChI=1S/C11H19NO4S2/c1-17(13,14)12-18(15,16)11-5-8-2-9(6-11)4-10(3-8)7-11/h8-10,12H,2-7H2,1H3. The first kappa shape index (κ1) is 12.9. The van der Waals surface area contributed by atoms with E-state index in [1.54, 1.807) is 0 Å². The number of nitrogens with one attached hydrogen (secondary N) is 1. The number of hydrogen-bond donors (Lipinski definition) is 1. The van der Waals surface area contributed by atoms with Crippen molar-refractivity contribution in [3.63, 3.8) is 0 Å². The van der Waals surface area contributed by atoms with Gasteiger partial charge in [-0.1, -0.05) is 0 Å². The molecule has 0 radical (unpaired) electrons. The summed E-state index contributed by atoms with van der Waals surface area (Å²) >= 11 is 0. The molecule has 1 N–H and O–H groups in total. The fourth-order valence-corrected chi connectivity index (χ4v) is 8.31. The molecule has 0 saturated heterocycles. The van der Waals surface area contributed by atoms with Gasteiger partial charge in [-0.25, -0.2) is 16.8 Å². The first-order valence-corrected chi connectivity index (χ1v) is 9.80. The van der Waals surface area contributed by atoms with Crippen molar-refractivity contribution in [2.24, 2.45) is 17.8 Å². The van der Waals surface area contributed by atoms with Gasteiger partial charge in [0.05, 0.1) is 11.0 Å². The molecule has 5 nitrogen and oxygen atoms in total. The Morgan fingerprint density at radius 1 is 0.889 bits per heavy atom. The van der Waals surface area contributed by atoms with Crippen molar-refractivity contribution < 1.29 is 16.8 Å². The molecular weight excluding hydrogens is 274 g/mol. The van der Waals surface area contributed by atoms with E-state index in [1.165, 1.54) is 0 Å². The van der Waals surface area contributed by atoms with Crippen molar-refractivity contribution in [1.82, 2.24) is 4.13 Å². The van der Waals surface area contributed by atoms with Gasteiger partial charge in [0, 0.05) is 0 Å². The zero-order valence-electron chi connectivity index (χ0n) is 10.4. The van der Waals surface area contributed by atoms with Crippen LogP contribution in [0.4, 0.5) is 0 Å². The summed E-state index contributed by atoms with van der Waals surface area (Å²) in [6, 6.07) is 0. The second-order valence-electron chi connectivity index (χ2n) is 6.46. The highest BCUT2D eigenvalue weighted by Gasteiger charge is 2.57. The monoisotopic (exact) mass is 293 g/mol. The van der Waals surface area contributed by atoms with Gasteiger partial charge in [0.25, 0.3) is 0 Å². The van der Waals surface area contributed by atoms with Crippen molar-refractivity contribution in [2.75, 3.05) is 6.26 Å². The Hall–Kier alpha value is -0.140.